The Morgan fingerprint density at radius 3 is 3.23 bits per heavy atom. The molecule has 0 saturated carbocycles. The van der Waals surface area contributed by atoms with Crippen LogP contribution in [0.4, 0.5) is 0 Å². The van der Waals surface area contributed by atoms with Crippen LogP contribution < -0.4 is 5.73 Å². The summed E-state index contributed by atoms with van der Waals surface area (Å²) in [7, 11) is 2.16. The average molecular weight is 300 g/mol. The monoisotopic (exact) mass is 300 g/mol. The van der Waals surface area contributed by atoms with E-state index in [4.69, 9.17) is 5.73 Å². The molecule has 1 aliphatic rings. The highest BCUT2D eigenvalue weighted by molar-refractivity contribution is 5.25. The summed E-state index contributed by atoms with van der Waals surface area (Å²) in [5.41, 5.74) is 9.35. The molecule has 0 amide bonds. The molecule has 1 unspecified atom stereocenters. The van der Waals surface area contributed by atoms with Crippen molar-refractivity contribution in [2.75, 3.05) is 13.6 Å². The Labute approximate surface area is 131 Å². The van der Waals surface area contributed by atoms with Crippen molar-refractivity contribution in [3.63, 3.8) is 0 Å². The molecule has 0 spiro atoms. The molecule has 118 valence electrons. The number of hydrogen-bond acceptors (Lipinski definition) is 5. The van der Waals surface area contributed by atoms with Gasteiger partial charge in [-0.3, -0.25) is 9.88 Å². The Morgan fingerprint density at radius 2 is 2.36 bits per heavy atom. The smallest absolute Gasteiger partial charge is 0.0738 e. The van der Waals surface area contributed by atoms with Crippen molar-refractivity contribution in [1.82, 2.24) is 24.9 Å². The largest absolute Gasteiger partial charge is 0.330 e. The summed E-state index contributed by atoms with van der Waals surface area (Å²) in [6, 6.07) is 4.62. The van der Waals surface area contributed by atoms with Crippen molar-refractivity contribution in [2.24, 2.45) is 5.73 Å². The van der Waals surface area contributed by atoms with Crippen molar-refractivity contribution < 1.29 is 0 Å². The number of rotatable bonds is 6. The molecular weight excluding hydrogens is 276 g/mol. The highest BCUT2D eigenvalue weighted by Gasteiger charge is 2.25. The molecule has 0 fully saturated rings. The maximum absolute atomic E-state index is 5.59. The summed E-state index contributed by atoms with van der Waals surface area (Å²) in [6.45, 7) is 2.34. The number of aryl methyl sites for hydroxylation is 2. The summed E-state index contributed by atoms with van der Waals surface area (Å²) < 4.78 is 1.96. The molecule has 1 atom stereocenters. The van der Waals surface area contributed by atoms with E-state index in [1.54, 1.807) is 0 Å². The highest BCUT2D eigenvalue weighted by atomic mass is 15.4. The number of nitrogens with two attached hydrogens (primary N) is 1. The summed E-state index contributed by atoms with van der Waals surface area (Å²) in [5.74, 6) is 0. The Bertz CT molecular complexity index is 608. The van der Waals surface area contributed by atoms with Gasteiger partial charge in [0, 0.05) is 19.3 Å². The van der Waals surface area contributed by atoms with Gasteiger partial charge in [-0.05, 0) is 50.9 Å². The van der Waals surface area contributed by atoms with E-state index < -0.39 is 0 Å². The van der Waals surface area contributed by atoms with Gasteiger partial charge in [-0.25, -0.2) is 4.68 Å². The number of aromatic nitrogens is 4. The van der Waals surface area contributed by atoms with Crippen LogP contribution in [0.5, 0.6) is 0 Å². The number of hydrogen-bond donors (Lipinski definition) is 1. The van der Waals surface area contributed by atoms with Gasteiger partial charge in [0.05, 0.1) is 23.6 Å². The zero-order valence-corrected chi connectivity index (χ0v) is 13.1. The lowest BCUT2D eigenvalue weighted by atomic mass is 9.91. The maximum Gasteiger partial charge on any atom is 0.0738 e. The lowest BCUT2D eigenvalue weighted by Crippen LogP contribution is -2.29. The normalized spacial score (nSPS) is 17.7. The third-order valence-electron chi connectivity index (χ3n) is 4.38. The van der Waals surface area contributed by atoms with Gasteiger partial charge in [0.15, 0.2) is 0 Å². The number of fused-ring (bicyclic) bond motifs is 1. The summed E-state index contributed by atoms with van der Waals surface area (Å²) >= 11 is 0. The van der Waals surface area contributed by atoms with Gasteiger partial charge in [0.1, 0.15) is 0 Å². The standard InChI is InChI=1S/C16H24N6/c1-21(12-14-11-19-20-22(14)10-4-8-17)15-7-2-5-13-6-3-9-18-16(13)15/h3,6,9,11,15H,2,4-5,7-8,10,12,17H2,1H3. The predicted octanol–water partition coefficient (Wildman–Crippen LogP) is 1.53. The Kier molecular flexibility index (Phi) is 4.80. The fourth-order valence-electron chi connectivity index (χ4n) is 3.21. The van der Waals surface area contributed by atoms with Crippen LogP contribution in [0.1, 0.15) is 42.3 Å². The van der Waals surface area contributed by atoms with Crippen LogP contribution in [-0.2, 0) is 19.5 Å². The lowest BCUT2D eigenvalue weighted by molar-refractivity contribution is 0.202. The third-order valence-corrected chi connectivity index (χ3v) is 4.38. The first-order valence-electron chi connectivity index (χ1n) is 8.01. The van der Waals surface area contributed by atoms with Crippen molar-refractivity contribution in [2.45, 2.75) is 44.8 Å². The molecule has 3 rings (SSSR count). The molecule has 2 aromatic heterocycles. The van der Waals surface area contributed by atoms with Crippen molar-refractivity contribution in [3.05, 3.63) is 41.5 Å². The van der Waals surface area contributed by atoms with Gasteiger partial charge in [0.25, 0.3) is 0 Å². The van der Waals surface area contributed by atoms with E-state index in [1.807, 2.05) is 23.1 Å². The van der Waals surface area contributed by atoms with Crippen LogP contribution in [0.25, 0.3) is 0 Å². The molecular formula is C16H24N6. The fourth-order valence-corrected chi connectivity index (χ4v) is 3.21. The first kappa shape index (κ1) is 15.1. The molecule has 0 radical (unpaired) electrons. The SMILES string of the molecule is CN(Cc1cnnn1CCCN)C1CCCc2cccnc21. The van der Waals surface area contributed by atoms with E-state index in [0.717, 1.165) is 38.0 Å². The summed E-state index contributed by atoms with van der Waals surface area (Å²) in [4.78, 5) is 6.99. The van der Waals surface area contributed by atoms with E-state index in [9.17, 15) is 0 Å². The lowest BCUT2D eigenvalue weighted by Gasteiger charge is -2.32. The van der Waals surface area contributed by atoms with Crippen molar-refractivity contribution >= 4 is 0 Å². The molecule has 0 aliphatic heterocycles. The second-order valence-electron chi connectivity index (χ2n) is 5.96. The van der Waals surface area contributed by atoms with Crippen LogP contribution in [-0.4, -0.2) is 38.5 Å². The summed E-state index contributed by atoms with van der Waals surface area (Å²) in [6.07, 6.45) is 8.20. The highest BCUT2D eigenvalue weighted by Crippen LogP contribution is 2.32. The molecule has 22 heavy (non-hydrogen) atoms. The van der Waals surface area contributed by atoms with E-state index in [1.165, 1.54) is 17.7 Å². The van der Waals surface area contributed by atoms with Crippen LogP contribution in [0, 0.1) is 0 Å². The minimum atomic E-state index is 0.378. The minimum absolute atomic E-state index is 0.378. The third kappa shape index (κ3) is 3.18. The Balaban J connectivity index is 1.73. The van der Waals surface area contributed by atoms with E-state index in [0.29, 0.717) is 12.6 Å². The average Bonchev–Trinajstić information content (AvgIpc) is 2.99. The molecule has 0 aromatic carbocycles. The Morgan fingerprint density at radius 1 is 1.45 bits per heavy atom. The second-order valence-corrected chi connectivity index (χ2v) is 5.96. The summed E-state index contributed by atoms with van der Waals surface area (Å²) in [5, 5.41) is 8.21. The molecule has 2 N–H and O–H groups in total. The van der Waals surface area contributed by atoms with Crippen molar-refractivity contribution in [3.8, 4) is 0 Å². The number of nitrogens with zero attached hydrogens (tertiary/aromatic N) is 5. The quantitative estimate of drug-likeness (QED) is 0.876. The van der Waals surface area contributed by atoms with Gasteiger partial charge in [0.2, 0.25) is 0 Å². The van der Waals surface area contributed by atoms with E-state index in [2.05, 4.69) is 33.3 Å². The molecule has 1 aliphatic carbocycles. The topological polar surface area (TPSA) is 72.9 Å². The molecule has 2 aromatic rings. The van der Waals surface area contributed by atoms with Gasteiger partial charge >= 0.3 is 0 Å². The van der Waals surface area contributed by atoms with E-state index in [-0.39, 0.29) is 0 Å². The van der Waals surface area contributed by atoms with E-state index >= 15 is 0 Å². The van der Waals surface area contributed by atoms with Gasteiger partial charge in [-0.1, -0.05) is 11.3 Å². The van der Waals surface area contributed by atoms with Gasteiger partial charge < -0.3 is 5.73 Å². The molecule has 0 bridgehead atoms. The maximum atomic E-state index is 5.59. The first-order valence-corrected chi connectivity index (χ1v) is 8.01. The molecule has 6 nitrogen and oxygen atoms in total. The molecule has 6 heteroatoms. The molecule has 0 saturated heterocycles. The van der Waals surface area contributed by atoms with Crippen molar-refractivity contribution in [1.29, 1.82) is 0 Å². The zero-order valence-electron chi connectivity index (χ0n) is 13.1. The number of pyridine rings is 1. The fraction of sp³-hybridized carbons (Fsp3) is 0.562. The molecule has 2 heterocycles. The van der Waals surface area contributed by atoms with Crippen LogP contribution >= 0.6 is 0 Å². The second kappa shape index (κ2) is 6.98. The predicted molar refractivity (Wildman–Crippen MR) is 85.1 cm³/mol. The van der Waals surface area contributed by atoms with Gasteiger partial charge in [-0.15, -0.1) is 5.10 Å². The van der Waals surface area contributed by atoms with Crippen LogP contribution in [0.2, 0.25) is 0 Å². The van der Waals surface area contributed by atoms with Crippen LogP contribution in [0.15, 0.2) is 24.5 Å². The zero-order chi connectivity index (χ0) is 15.4. The minimum Gasteiger partial charge on any atom is -0.330 e. The van der Waals surface area contributed by atoms with Gasteiger partial charge in [-0.2, -0.15) is 0 Å². The van der Waals surface area contributed by atoms with Crippen LogP contribution in [0.3, 0.4) is 0 Å². The Hall–Kier alpha value is -1.79. The first-order chi connectivity index (χ1) is 10.8.